The van der Waals surface area contributed by atoms with Gasteiger partial charge in [0.15, 0.2) is 14.6 Å². The molecule has 0 bridgehead atoms. The summed E-state index contributed by atoms with van der Waals surface area (Å²) in [4.78, 5) is 14.9. The maximum Gasteiger partial charge on any atom is 0.244 e. The van der Waals surface area contributed by atoms with E-state index in [1.54, 1.807) is 12.0 Å². The van der Waals surface area contributed by atoms with Crippen molar-refractivity contribution in [1.82, 2.24) is 10.2 Å². The van der Waals surface area contributed by atoms with E-state index < -0.39 is 14.6 Å². The standard InChI is InChI=1S/C19H28N2O4S.ClH/c1-25-17-5-3-4-16(14-17)15-6-12-21(13-7-15)18(22)19(26(2,23)24)8-10-20-11-9-19;/h3-5,14-15,20H,6-13H2,1-2H3;1H. The zero-order valence-electron chi connectivity index (χ0n) is 15.9. The number of benzene rings is 1. The van der Waals surface area contributed by atoms with Crippen molar-refractivity contribution in [2.45, 2.75) is 36.3 Å². The first-order chi connectivity index (χ1) is 12.4. The van der Waals surface area contributed by atoms with Crippen molar-refractivity contribution in [3.05, 3.63) is 29.8 Å². The van der Waals surface area contributed by atoms with Crippen LogP contribution in [0.5, 0.6) is 5.75 Å². The Morgan fingerprint density at radius 2 is 1.85 bits per heavy atom. The fraction of sp³-hybridized carbons (Fsp3) is 0.632. The van der Waals surface area contributed by atoms with Gasteiger partial charge in [-0.2, -0.15) is 0 Å². The molecule has 2 aliphatic heterocycles. The predicted molar refractivity (Wildman–Crippen MR) is 108 cm³/mol. The van der Waals surface area contributed by atoms with E-state index in [4.69, 9.17) is 4.74 Å². The maximum absolute atomic E-state index is 13.2. The number of likely N-dealkylation sites (tertiary alicyclic amines) is 1. The molecule has 1 aromatic carbocycles. The third-order valence-corrected chi connectivity index (χ3v) is 7.86. The van der Waals surface area contributed by atoms with Crippen LogP contribution in [0.15, 0.2) is 24.3 Å². The lowest BCUT2D eigenvalue weighted by molar-refractivity contribution is -0.135. The van der Waals surface area contributed by atoms with Crippen molar-refractivity contribution >= 4 is 28.2 Å². The molecule has 2 saturated heterocycles. The number of ether oxygens (including phenoxy) is 1. The normalized spacial score (nSPS) is 20.6. The highest BCUT2D eigenvalue weighted by Crippen LogP contribution is 2.34. The van der Waals surface area contributed by atoms with Crippen molar-refractivity contribution < 1.29 is 17.9 Å². The second-order valence-corrected chi connectivity index (χ2v) is 9.69. The van der Waals surface area contributed by atoms with Gasteiger partial charge in [-0.3, -0.25) is 4.79 Å². The first kappa shape index (κ1) is 22.0. The number of carbonyl (C=O) groups is 1. The summed E-state index contributed by atoms with van der Waals surface area (Å²) in [5.41, 5.74) is 1.22. The Morgan fingerprint density at radius 1 is 1.22 bits per heavy atom. The molecule has 0 atom stereocenters. The Morgan fingerprint density at radius 3 is 2.41 bits per heavy atom. The van der Waals surface area contributed by atoms with Crippen LogP contribution < -0.4 is 10.1 Å². The van der Waals surface area contributed by atoms with Crippen molar-refractivity contribution in [2.75, 3.05) is 39.5 Å². The lowest BCUT2D eigenvalue weighted by atomic mass is 9.88. The lowest BCUT2D eigenvalue weighted by Gasteiger charge is -2.41. The average Bonchev–Trinajstić information content (AvgIpc) is 2.67. The molecule has 0 aliphatic carbocycles. The number of amides is 1. The van der Waals surface area contributed by atoms with Crippen LogP contribution in [-0.4, -0.2) is 63.5 Å². The lowest BCUT2D eigenvalue weighted by Crippen LogP contribution is -2.59. The minimum absolute atomic E-state index is 0. The fourth-order valence-electron chi connectivity index (χ4n) is 4.17. The summed E-state index contributed by atoms with van der Waals surface area (Å²) >= 11 is 0. The number of nitrogens with zero attached hydrogens (tertiary/aromatic N) is 1. The van der Waals surface area contributed by atoms with Gasteiger partial charge in [0.25, 0.3) is 0 Å². The molecule has 0 aromatic heterocycles. The van der Waals surface area contributed by atoms with Crippen molar-refractivity contribution in [2.24, 2.45) is 0 Å². The molecule has 1 aromatic rings. The van der Waals surface area contributed by atoms with Crippen LogP contribution in [-0.2, 0) is 14.6 Å². The number of sulfone groups is 1. The summed E-state index contributed by atoms with van der Waals surface area (Å²) in [5, 5.41) is 3.16. The molecule has 3 rings (SSSR count). The number of rotatable bonds is 4. The molecule has 6 nitrogen and oxygen atoms in total. The maximum atomic E-state index is 13.2. The summed E-state index contributed by atoms with van der Waals surface area (Å²) in [5.74, 6) is 1.01. The molecule has 2 fully saturated rings. The Bertz CT molecular complexity index is 755. The van der Waals surface area contributed by atoms with Gasteiger partial charge in [0.2, 0.25) is 5.91 Å². The first-order valence-electron chi connectivity index (χ1n) is 9.21. The summed E-state index contributed by atoms with van der Waals surface area (Å²) in [7, 11) is -1.80. The minimum atomic E-state index is -3.46. The largest absolute Gasteiger partial charge is 0.497 e. The Labute approximate surface area is 168 Å². The number of halogens is 1. The molecule has 0 spiro atoms. The van der Waals surface area contributed by atoms with E-state index in [0.717, 1.165) is 18.6 Å². The molecular weight excluding hydrogens is 388 g/mol. The smallest absolute Gasteiger partial charge is 0.244 e. The van der Waals surface area contributed by atoms with Crippen molar-refractivity contribution in [3.63, 3.8) is 0 Å². The molecule has 0 radical (unpaired) electrons. The van der Waals surface area contributed by atoms with E-state index in [-0.39, 0.29) is 18.3 Å². The summed E-state index contributed by atoms with van der Waals surface area (Å²) in [6.07, 6.45) is 3.62. The van der Waals surface area contributed by atoms with Crippen LogP contribution in [0.4, 0.5) is 0 Å². The van der Waals surface area contributed by atoms with E-state index >= 15 is 0 Å². The molecule has 2 aliphatic rings. The van der Waals surface area contributed by atoms with Crippen LogP contribution in [0.3, 0.4) is 0 Å². The Kier molecular flexibility index (Phi) is 7.16. The van der Waals surface area contributed by atoms with E-state index in [1.165, 1.54) is 11.8 Å². The molecular formula is C19H29ClN2O4S. The van der Waals surface area contributed by atoms with Gasteiger partial charge in [0.05, 0.1) is 7.11 Å². The van der Waals surface area contributed by atoms with Gasteiger partial charge in [0.1, 0.15) is 5.75 Å². The van der Waals surface area contributed by atoms with Crippen LogP contribution in [0, 0.1) is 0 Å². The molecule has 27 heavy (non-hydrogen) atoms. The number of hydrogen-bond donors (Lipinski definition) is 1. The molecule has 0 saturated carbocycles. The Hall–Kier alpha value is -1.31. The fourth-order valence-corrected chi connectivity index (χ4v) is 5.57. The third kappa shape index (κ3) is 4.41. The Balaban J connectivity index is 0.00000261. The number of carbonyl (C=O) groups excluding carboxylic acids is 1. The van der Waals surface area contributed by atoms with E-state index in [9.17, 15) is 13.2 Å². The van der Waals surface area contributed by atoms with Gasteiger partial charge in [-0.25, -0.2) is 8.42 Å². The van der Waals surface area contributed by atoms with Gasteiger partial charge in [-0.1, -0.05) is 12.1 Å². The summed E-state index contributed by atoms with van der Waals surface area (Å²) < 4.78 is 29.0. The van der Waals surface area contributed by atoms with E-state index in [2.05, 4.69) is 11.4 Å². The van der Waals surface area contributed by atoms with Gasteiger partial charge in [0, 0.05) is 19.3 Å². The van der Waals surface area contributed by atoms with Crippen LogP contribution in [0.1, 0.15) is 37.2 Å². The number of methoxy groups -OCH3 is 1. The van der Waals surface area contributed by atoms with E-state index in [1.807, 2.05) is 18.2 Å². The van der Waals surface area contributed by atoms with Gasteiger partial charge in [-0.15, -0.1) is 12.4 Å². The molecule has 2 heterocycles. The van der Waals surface area contributed by atoms with Crippen molar-refractivity contribution in [3.8, 4) is 5.75 Å². The number of hydrogen-bond acceptors (Lipinski definition) is 5. The molecule has 8 heteroatoms. The van der Waals surface area contributed by atoms with Crippen molar-refractivity contribution in [1.29, 1.82) is 0 Å². The average molecular weight is 417 g/mol. The van der Waals surface area contributed by atoms with Crippen LogP contribution in [0.25, 0.3) is 0 Å². The SMILES string of the molecule is COc1cccc(C2CCN(C(=O)C3(S(C)(=O)=O)CCNCC3)CC2)c1.Cl. The zero-order chi connectivity index (χ0) is 18.8. The summed E-state index contributed by atoms with van der Waals surface area (Å²) in [6.45, 7) is 2.34. The molecule has 152 valence electrons. The van der Waals surface area contributed by atoms with Crippen LogP contribution >= 0.6 is 12.4 Å². The highest BCUT2D eigenvalue weighted by molar-refractivity contribution is 7.92. The second kappa shape index (κ2) is 8.80. The second-order valence-electron chi connectivity index (χ2n) is 7.36. The topological polar surface area (TPSA) is 75.7 Å². The van der Waals surface area contributed by atoms with Gasteiger partial charge in [-0.05, 0) is 62.4 Å². The first-order valence-corrected chi connectivity index (χ1v) is 11.1. The zero-order valence-corrected chi connectivity index (χ0v) is 17.6. The van der Waals surface area contributed by atoms with E-state index in [0.29, 0.717) is 44.9 Å². The number of nitrogens with one attached hydrogen (secondary N) is 1. The van der Waals surface area contributed by atoms with Gasteiger partial charge < -0.3 is 15.0 Å². The highest BCUT2D eigenvalue weighted by atomic mass is 35.5. The molecule has 1 N–H and O–H groups in total. The minimum Gasteiger partial charge on any atom is -0.497 e. The molecule has 1 amide bonds. The number of piperidine rings is 2. The highest BCUT2D eigenvalue weighted by Gasteiger charge is 2.50. The monoisotopic (exact) mass is 416 g/mol. The van der Waals surface area contributed by atoms with Gasteiger partial charge >= 0.3 is 0 Å². The quantitative estimate of drug-likeness (QED) is 0.812. The predicted octanol–water partition coefficient (Wildman–Crippen LogP) is 1.99. The summed E-state index contributed by atoms with van der Waals surface area (Å²) in [6, 6.07) is 8.05. The van der Waals surface area contributed by atoms with Crippen LogP contribution in [0.2, 0.25) is 0 Å². The molecule has 0 unspecified atom stereocenters. The third-order valence-electron chi connectivity index (χ3n) is 5.86.